The minimum atomic E-state index is -0.385. The summed E-state index contributed by atoms with van der Waals surface area (Å²) in [5, 5.41) is 1.27. The Hall–Kier alpha value is -1.00. The van der Waals surface area contributed by atoms with Crippen molar-refractivity contribution in [2.24, 2.45) is 7.05 Å². The van der Waals surface area contributed by atoms with Crippen molar-refractivity contribution in [2.75, 3.05) is 0 Å². The second-order valence-electron chi connectivity index (χ2n) is 3.75. The Morgan fingerprint density at radius 1 is 1.47 bits per heavy atom. The van der Waals surface area contributed by atoms with Crippen LogP contribution in [0.4, 0.5) is 4.39 Å². The highest BCUT2D eigenvalue weighted by Crippen LogP contribution is 2.34. The van der Waals surface area contributed by atoms with Crippen LogP contribution in [0.15, 0.2) is 35.7 Å². The van der Waals surface area contributed by atoms with Crippen LogP contribution in [-0.4, -0.2) is 9.55 Å². The van der Waals surface area contributed by atoms with E-state index in [1.807, 2.05) is 24.7 Å². The van der Waals surface area contributed by atoms with Gasteiger partial charge in [0.15, 0.2) is 5.16 Å². The van der Waals surface area contributed by atoms with E-state index >= 15 is 0 Å². The molecule has 90 valence electrons. The molecule has 1 heterocycles. The molecule has 1 unspecified atom stereocenters. The summed E-state index contributed by atoms with van der Waals surface area (Å²) in [6.07, 6.45) is 3.65. The average Bonchev–Trinajstić information content (AvgIpc) is 2.68. The number of aryl methyl sites for hydroxylation is 1. The van der Waals surface area contributed by atoms with Crippen LogP contribution in [0.5, 0.6) is 0 Å². The molecule has 1 aromatic heterocycles. The van der Waals surface area contributed by atoms with Crippen LogP contribution in [-0.2, 0) is 7.05 Å². The SMILES string of the molecule is CC(Sc1nccn1C)c1ccc(F)c(Cl)c1. The van der Waals surface area contributed by atoms with Gasteiger partial charge in [-0.1, -0.05) is 29.4 Å². The summed E-state index contributed by atoms with van der Waals surface area (Å²) in [4.78, 5) is 4.24. The number of halogens is 2. The van der Waals surface area contributed by atoms with Crippen LogP contribution in [0.25, 0.3) is 0 Å². The van der Waals surface area contributed by atoms with Crippen LogP contribution in [0.1, 0.15) is 17.7 Å². The van der Waals surface area contributed by atoms with E-state index in [9.17, 15) is 4.39 Å². The Morgan fingerprint density at radius 2 is 2.24 bits per heavy atom. The number of hydrogen-bond donors (Lipinski definition) is 0. The molecule has 2 rings (SSSR count). The molecular formula is C12H12ClFN2S. The zero-order valence-electron chi connectivity index (χ0n) is 9.52. The Morgan fingerprint density at radius 3 is 2.82 bits per heavy atom. The van der Waals surface area contributed by atoms with Crippen molar-refractivity contribution < 1.29 is 4.39 Å². The van der Waals surface area contributed by atoms with Gasteiger partial charge < -0.3 is 4.57 Å². The molecule has 0 saturated heterocycles. The van der Waals surface area contributed by atoms with Gasteiger partial charge in [-0.05, 0) is 24.6 Å². The fourth-order valence-electron chi connectivity index (χ4n) is 1.46. The van der Waals surface area contributed by atoms with E-state index in [0.29, 0.717) is 0 Å². The van der Waals surface area contributed by atoms with Gasteiger partial charge in [0.2, 0.25) is 0 Å². The first kappa shape index (κ1) is 12.5. The maximum absolute atomic E-state index is 13.0. The number of rotatable bonds is 3. The first-order valence-electron chi connectivity index (χ1n) is 5.17. The van der Waals surface area contributed by atoms with Crippen molar-refractivity contribution in [3.05, 3.63) is 47.0 Å². The number of nitrogens with zero attached hydrogens (tertiary/aromatic N) is 2. The fraction of sp³-hybridized carbons (Fsp3) is 0.250. The molecule has 2 nitrogen and oxygen atoms in total. The lowest BCUT2D eigenvalue weighted by Gasteiger charge is -2.11. The third-order valence-electron chi connectivity index (χ3n) is 2.47. The van der Waals surface area contributed by atoms with Crippen LogP contribution in [0, 0.1) is 5.82 Å². The molecule has 0 saturated carbocycles. The zero-order chi connectivity index (χ0) is 12.4. The molecule has 0 aliphatic carbocycles. The molecule has 0 fully saturated rings. The highest BCUT2D eigenvalue weighted by atomic mass is 35.5. The van der Waals surface area contributed by atoms with Gasteiger partial charge in [-0.25, -0.2) is 9.37 Å². The molecular weight excluding hydrogens is 259 g/mol. The molecule has 0 spiro atoms. The summed E-state index contributed by atoms with van der Waals surface area (Å²) in [6, 6.07) is 4.81. The second kappa shape index (κ2) is 5.10. The Bertz CT molecular complexity index is 527. The molecule has 5 heteroatoms. The van der Waals surface area contributed by atoms with Crippen LogP contribution < -0.4 is 0 Å². The summed E-state index contributed by atoms with van der Waals surface area (Å²) in [5.74, 6) is -0.385. The summed E-state index contributed by atoms with van der Waals surface area (Å²) in [6.45, 7) is 2.04. The largest absolute Gasteiger partial charge is 0.329 e. The molecule has 0 radical (unpaired) electrons. The van der Waals surface area contributed by atoms with E-state index in [-0.39, 0.29) is 16.1 Å². The quantitative estimate of drug-likeness (QED) is 0.783. The summed E-state index contributed by atoms with van der Waals surface area (Å²) < 4.78 is 15.0. The average molecular weight is 271 g/mol. The molecule has 1 atom stereocenters. The molecule has 17 heavy (non-hydrogen) atoms. The van der Waals surface area contributed by atoms with E-state index in [2.05, 4.69) is 4.98 Å². The van der Waals surface area contributed by atoms with Crippen LogP contribution in [0.2, 0.25) is 5.02 Å². The number of benzene rings is 1. The molecule has 0 bridgehead atoms. The van der Waals surface area contributed by atoms with Gasteiger partial charge in [0.25, 0.3) is 0 Å². The highest BCUT2D eigenvalue weighted by molar-refractivity contribution is 7.99. The molecule has 1 aromatic carbocycles. The van der Waals surface area contributed by atoms with E-state index in [1.54, 1.807) is 30.1 Å². The third kappa shape index (κ3) is 2.82. The highest BCUT2D eigenvalue weighted by Gasteiger charge is 2.12. The fourth-order valence-corrected chi connectivity index (χ4v) is 2.59. The van der Waals surface area contributed by atoms with Gasteiger partial charge in [-0.2, -0.15) is 0 Å². The normalized spacial score (nSPS) is 12.7. The monoisotopic (exact) mass is 270 g/mol. The lowest BCUT2D eigenvalue weighted by atomic mass is 10.2. The molecule has 0 amide bonds. The summed E-state index contributed by atoms with van der Waals surface area (Å²) in [5.41, 5.74) is 0.990. The lowest BCUT2D eigenvalue weighted by Crippen LogP contribution is -1.94. The zero-order valence-corrected chi connectivity index (χ0v) is 11.1. The minimum Gasteiger partial charge on any atom is -0.329 e. The Labute approximate surface area is 109 Å². The summed E-state index contributed by atoms with van der Waals surface area (Å²) >= 11 is 7.38. The maximum atomic E-state index is 13.0. The summed E-state index contributed by atoms with van der Waals surface area (Å²) in [7, 11) is 1.94. The van der Waals surface area contributed by atoms with Gasteiger partial charge >= 0.3 is 0 Å². The predicted molar refractivity (Wildman–Crippen MR) is 68.9 cm³/mol. The number of thioether (sulfide) groups is 1. The minimum absolute atomic E-state index is 0.162. The number of aromatic nitrogens is 2. The van der Waals surface area contributed by atoms with Crippen molar-refractivity contribution in [3.8, 4) is 0 Å². The second-order valence-corrected chi connectivity index (χ2v) is 5.47. The molecule has 0 aliphatic heterocycles. The van der Waals surface area contributed by atoms with Crippen LogP contribution in [0.3, 0.4) is 0 Å². The van der Waals surface area contributed by atoms with E-state index < -0.39 is 0 Å². The van der Waals surface area contributed by atoms with E-state index in [4.69, 9.17) is 11.6 Å². The van der Waals surface area contributed by atoms with Gasteiger partial charge in [-0.3, -0.25) is 0 Å². The van der Waals surface area contributed by atoms with Crippen molar-refractivity contribution in [3.63, 3.8) is 0 Å². The smallest absolute Gasteiger partial charge is 0.168 e. The van der Waals surface area contributed by atoms with Crippen LogP contribution >= 0.6 is 23.4 Å². The van der Waals surface area contributed by atoms with E-state index in [0.717, 1.165) is 10.7 Å². The lowest BCUT2D eigenvalue weighted by molar-refractivity contribution is 0.627. The van der Waals surface area contributed by atoms with Gasteiger partial charge in [-0.15, -0.1) is 0 Å². The topological polar surface area (TPSA) is 17.8 Å². The number of imidazole rings is 1. The Kier molecular flexibility index (Phi) is 3.74. The van der Waals surface area contributed by atoms with Gasteiger partial charge in [0.05, 0.1) is 5.02 Å². The standard InChI is InChI=1S/C12H12ClFN2S/c1-8(17-12-15-5-6-16(12)2)9-3-4-11(14)10(13)7-9/h3-8H,1-2H3. The van der Waals surface area contributed by atoms with Crippen molar-refractivity contribution in [1.82, 2.24) is 9.55 Å². The first-order valence-corrected chi connectivity index (χ1v) is 6.42. The van der Waals surface area contributed by atoms with Gasteiger partial charge in [0, 0.05) is 24.7 Å². The van der Waals surface area contributed by atoms with E-state index in [1.165, 1.54) is 6.07 Å². The first-order chi connectivity index (χ1) is 8.08. The van der Waals surface area contributed by atoms with Crippen molar-refractivity contribution in [2.45, 2.75) is 17.3 Å². The van der Waals surface area contributed by atoms with Crippen molar-refractivity contribution in [1.29, 1.82) is 0 Å². The van der Waals surface area contributed by atoms with Gasteiger partial charge in [0.1, 0.15) is 5.82 Å². The maximum Gasteiger partial charge on any atom is 0.168 e. The molecule has 0 N–H and O–H groups in total. The predicted octanol–water partition coefficient (Wildman–Crippen LogP) is 4.07. The van der Waals surface area contributed by atoms with Crippen molar-refractivity contribution >= 4 is 23.4 Å². The third-order valence-corrected chi connectivity index (χ3v) is 3.99. The Balaban J connectivity index is 2.17. The molecule has 0 aliphatic rings. The molecule has 2 aromatic rings. The number of hydrogen-bond acceptors (Lipinski definition) is 2.